The molecule has 1 aliphatic heterocycles. The first kappa shape index (κ1) is 17.4. The zero-order valence-electron chi connectivity index (χ0n) is 14.5. The number of ether oxygens (including phenoxy) is 2. The van der Waals surface area contributed by atoms with Crippen molar-refractivity contribution in [2.45, 2.75) is 17.4 Å². The molecule has 0 bridgehead atoms. The molecule has 0 fully saturated rings. The highest BCUT2D eigenvalue weighted by atomic mass is 32.2. The minimum Gasteiger partial charge on any atom is -0.485 e. The molecule has 1 N–H and O–H groups in total. The third-order valence-electron chi connectivity index (χ3n) is 4.01. The maximum absolute atomic E-state index is 12.4. The Labute approximate surface area is 160 Å². The van der Waals surface area contributed by atoms with Crippen LogP contribution in [0, 0.1) is 0 Å². The molecule has 138 valence electrons. The van der Waals surface area contributed by atoms with Crippen LogP contribution >= 0.6 is 11.8 Å². The van der Waals surface area contributed by atoms with Gasteiger partial charge in [-0.05, 0) is 36.1 Å². The monoisotopic (exact) mass is 383 g/mol. The highest BCUT2D eigenvalue weighted by Gasteiger charge is 2.28. The third kappa shape index (κ3) is 4.06. The van der Waals surface area contributed by atoms with Gasteiger partial charge in [0.05, 0.1) is 6.42 Å². The normalized spacial score (nSPS) is 15.4. The van der Waals surface area contributed by atoms with Crippen LogP contribution in [-0.4, -0.2) is 35.1 Å². The fraction of sp³-hybridized carbons (Fsp3) is 0.211. The molecule has 3 aromatic rings. The fourth-order valence-electron chi connectivity index (χ4n) is 2.63. The molecule has 0 saturated carbocycles. The molecule has 7 nitrogen and oxygen atoms in total. The molecule has 0 spiro atoms. The molecule has 1 aliphatic rings. The Kier molecular flexibility index (Phi) is 4.97. The highest BCUT2D eigenvalue weighted by Crippen LogP contribution is 2.31. The van der Waals surface area contributed by atoms with Gasteiger partial charge >= 0.3 is 6.01 Å². The first-order valence-electron chi connectivity index (χ1n) is 8.36. The maximum atomic E-state index is 12.4. The van der Waals surface area contributed by atoms with Gasteiger partial charge in [0, 0.05) is 4.90 Å². The van der Waals surface area contributed by atoms with Crippen LogP contribution in [0.5, 0.6) is 11.5 Å². The van der Waals surface area contributed by atoms with Gasteiger partial charge in [-0.25, -0.2) is 0 Å². The van der Waals surface area contributed by atoms with E-state index in [0.29, 0.717) is 23.8 Å². The number of hydrogen-bond acceptors (Lipinski definition) is 7. The van der Waals surface area contributed by atoms with Crippen molar-refractivity contribution >= 4 is 23.7 Å². The standard InChI is InChI=1S/C19H17N3O4S/c1-27-13-8-6-12(7-9-13)10-17-21-22-19(26-17)20-18(23)16-11-24-14-4-2-3-5-15(14)25-16/h2-9,16H,10-11H2,1H3,(H,20,22,23). The van der Waals surface area contributed by atoms with Crippen LogP contribution in [0.3, 0.4) is 0 Å². The minimum absolute atomic E-state index is 0.0400. The summed E-state index contributed by atoms with van der Waals surface area (Å²) in [4.78, 5) is 13.6. The number of carbonyl (C=O) groups is 1. The Balaban J connectivity index is 1.37. The van der Waals surface area contributed by atoms with Gasteiger partial charge in [-0.2, -0.15) is 0 Å². The number of amides is 1. The van der Waals surface area contributed by atoms with Crippen LogP contribution in [0.25, 0.3) is 0 Å². The predicted molar refractivity (Wildman–Crippen MR) is 100 cm³/mol. The second-order valence-electron chi connectivity index (χ2n) is 5.88. The summed E-state index contributed by atoms with van der Waals surface area (Å²) >= 11 is 1.68. The second kappa shape index (κ2) is 7.71. The van der Waals surface area contributed by atoms with Crippen molar-refractivity contribution in [1.29, 1.82) is 0 Å². The number of thioether (sulfide) groups is 1. The van der Waals surface area contributed by atoms with E-state index in [0.717, 1.165) is 5.56 Å². The Bertz CT molecular complexity index is 942. The van der Waals surface area contributed by atoms with Crippen LogP contribution in [0.1, 0.15) is 11.5 Å². The van der Waals surface area contributed by atoms with Crippen molar-refractivity contribution in [3.05, 3.63) is 60.0 Å². The number of para-hydroxylation sites is 2. The predicted octanol–water partition coefficient (Wildman–Crippen LogP) is 3.16. The van der Waals surface area contributed by atoms with Crippen molar-refractivity contribution in [1.82, 2.24) is 10.2 Å². The fourth-order valence-corrected chi connectivity index (χ4v) is 3.04. The lowest BCUT2D eigenvalue weighted by molar-refractivity contribution is -0.125. The lowest BCUT2D eigenvalue weighted by Crippen LogP contribution is -2.40. The quantitative estimate of drug-likeness (QED) is 0.677. The van der Waals surface area contributed by atoms with E-state index < -0.39 is 12.0 Å². The Morgan fingerprint density at radius 2 is 1.93 bits per heavy atom. The van der Waals surface area contributed by atoms with Gasteiger partial charge in [-0.1, -0.05) is 29.4 Å². The van der Waals surface area contributed by atoms with Crippen LogP contribution < -0.4 is 14.8 Å². The molecular weight excluding hydrogens is 366 g/mol. The summed E-state index contributed by atoms with van der Waals surface area (Å²) in [6.07, 6.45) is 1.74. The van der Waals surface area contributed by atoms with E-state index in [1.54, 1.807) is 23.9 Å². The summed E-state index contributed by atoms with van der Waals surface area (Å²) in [7, 11) is 0. The van der Waals surface area contributed by atoms with Crippen molar-refractivity contribution in [3.8, 4) is 11.5 Å². The SMILES string of the molecule is CSc1ccc(Cc2nnc(NC(=O)C3COc4ccccc4O3)o2)cc1. The number of anilines is 1. The number of carbonyl (C=O) groups excluding carboxylic acids is 1. The van der Waals surface area contributed by atoms with Crippen molar-refractivity contribution in [2.24, 2.45) is 0 Å². The van der Waals surface area contributed by atoms with E-state index in [9.17, 15) is 4.79 Å². The van der Waals surface area contributed by atoms with Gasteiger partial charge in [-0.3, -0.25) is 10.1 Å². The summed E-state index contributed by atoms with van der Waals surface area (Å²) in [5, 5.41) is 10.4. The van der Waals surface area contributed by atoms with Crippen LogP contribution in [0.15, 0.2) is 57.8 Å². The summed E-state index contributed by atoms with van der Waals surface area (Å²) in [6, 6.07) is 15.3. The van der Waals surface area contributed by atoms with Crippen LogP contribution in [0.4, 0.5) is 6.01 Å². The summed E-state index contributed by atoms with van der Waals surface area (Å²) in [6.45, 7) is 0.117. The zero-order chi connectivity index (χ0) is 18.6. The third-order valence-corrected chi connectivity index (χ3v) is 4.76. The summed E-state index contributed by atoms with van der Waals surface area (Å²) in [5.74, 6) is 1.18. The van der Waals surface area contributed by atoms with E-state index >= 15 is 0 Å². The van der Waals surface area contributed by atoms with Gasteiger partial charge < -0.3 is 13.9 Å². The van der Waals surface area contributed by atoms with Gasteiger partial charge in [0.15, 0.2) is 11.5 Å². The van der Waals surface area contributed by atoms with Crippen LogP contribution in [-0.2, 0) is 11.2 Å². The molecule has 27 heavy (non-hydrogen) atoms. The largest absolute Gasteiger partial charge is 0.485 e. The Morgan fingerprint density at radius 3 is 2.70 bits per heavy atom. The smallest absolute Gasteiger partial charge is 0.322 e. The first-order chi connectivity index (χ1) is 13.2. The summed E-state index contributed by atoms with van der Waals surface area (Å²) < 4.78 is 16.7. The molecule has 0 saturated heterocycles. The molecule has 2 heterocycles. The van der Waals surface area contributed by atoms with E-state index in [2.05, 4.69) is 15.5 Å². The van der Waals surface area contributed by atoms with E-state index in [1.165, 1.54) is 4.90 Å². The van der Waals surface area contributed by atoms with Crippen molar-refractivity contribution < 1.29 is 18.7 Å². The molecule has 0 aliphatic carbocycles. The topological polar surface area (TPSA) is 86.5 Å². The number of hydrogen-bond donors (Lipinski definition) is 1. The number of fused-ring (bicyclic) bond motifs is 1. The molecular formula is C19H17N3O4S. The van der Waals surface area contributed by atoms with Crippen LogP contribution in [0.2, 0.25) is 0 Å². The van der Waals surface area contributed by atoms with Gasteiger partial charge in [0.2, 0.25) is 12.0 Å². The van der Waals surface area contributed by atoms with Gasteiger partial charge in [0.1, 0.15) is 6.61 Å². The maximum Gasteiger partial charge on any atom is 0.322 e. The lowest BCUT2D eigenvalue weighted by atomic mass is 10.1. The van der Waals surface area contributed by atoms with E-state index in [1.807, 2.05) is 42.7 Å². The Hall–Kier alpha value is -3.00. The highest BCUT2D eigenvalue weighted by molar-refractivity contribution is 7.98. The number of nitrogens with zero attached hydrogens (tertiary/aromatic N) is 2. The Morgan fingerprint density at radius 1 is 1.15 bits per heavy atom. The average Bonchev–Trinajstić information content (AvgIpc) is 3.15. The van der Waals surface area contributed by atoms with Crippen molar-refractivity contribution in [3.63, 3.8) is 0 Å². The average molecular weight is 383 g/mol. The van der Waals surface area contributed by atoms with E-state index in [-0.39, 0.29) is 12.6 Å². The number of benzene rings is 2. The number of aromatic nitrogens is 2. The van der Waals surface area contributed by atoms with Gasteiger partial charge in [0.25, 0.3) is 5.91 Å². The molecule has 1 amide bonds. The molecule has 1 unspecified atom stereocenters. The van der Waals surface area contributed by atoms with Crippen molar-refractivity contribution in [2.75, 3.05) is 18.2 Å². The number of rotatable bonds is 5. The minimum atomic E-state index is -0.783. The van der Waals surface area contributed by atoms with E-state index in [4.69, 9.17) is 13.9 Å². The first-order valence-corrected chi connectivity index (χ1v) is 9.58. The molecule has 2 aromatic carbocycles. The lowest BCUT2D eigenvalue weighted by Gasteiger charge is -2.24. The molecule has 4 rings (SSSR count). The molecule has 8 heteroatoms. The summed E-state index contributed by atoms with van der Waals surface area (Å²) in [5.41, 5.74) is 1.05. The molecule has 0 radical (unpaired) electrons. The molecule has 1 atom stereocenters. The molecule has 1 aromatic heterocycles. The zero-order valence-corrected chi connectivity index (χ0v) is 15.4. The number of nitrogens with one attached hydrogen (secondary N) is 1. The van der Waals surface area contributed by atoms with Gasteiger partial charge in [-0.15, -0.1) is 16.9 Å². The second-order valence-corrected chi connectivity index (χ2v) is 6.76.